The highest BCUT2D eigenvalue weighted by atomic mass is 32.1. The molecule has 6 nitrogen and oxygen atoms in total. The molecule has 0 bridgehead atoms. The number of nitrogen functional groups attached to an aromatic ring is 1. The summed E-state index contributed by atoms with van der Waals surface area (Å²) in [6.07, 6.45) is 4.87. The molecule has 22 heavy (non-hydrogen) atoms. The van der Waals surface area contributed by atoms with E-state index in [9.17, 15) is 4.79 Å². The van der Waals surface area contributed by atoms with Gasteiger partial charge < -0.3 is 21.5 Å². The zero-order chi connectivity index (χ0) is 15.5. The molecule has 0 spiro atoms. The summed E-state index contributed by atoms with van der Waals surface area (Å²) in [4.78, 5) is 14.9. The predicted octanol–water partition coefficient (Wildman–Crippen LogP) is 3.12. The van der Waals surface area contributed by atoms with Gasteiger partial charge in [0.1, 0.15) is 0 Å². The van der Waals surface area contributed by atoms with E-state index in [1.807, 2.05) is 11.4 Å². The monoisotopic (exact) mass is 320 g/mol. The maximum absolute atomic E-state index is 10.5. The average molecular weight is 320 g/mol. The van der Waals surface area contributed by atoms with Crippen LogP contribution in [0.3, 0.4) is 0 Å². The van der Waals surface area contributed by atoms with Gasteiger partial charge in [-0.05, 0) is 43.0 Å². The number of thiophene rings is 1. The zero-order valence-corrected chi connectivity index (χ0v) is 13.0. The SMILES string of the molecule is Nc1cnc2ccsc2c1NC1CCC(CNC(=O)O)CC1. The number of hydrogen-bond acceptors (Lipinski definition) is 5. The Bertz CT molecular complexity index is 665. The van der Waals surface area contributed by atoms with Crippen molar-refractivity contribution in [2.45, 2.75) is 31.7 Å². The van der Waals surface area contributed by atoms with Crippen LogP contribution in [0.15, 0.2) is 17.6 Å². The van der Waals surface area contributed by atoms with Crippen LogP contribution in [-0.4, -0.2) is 28.8 Å². The van der Waals surface area contributed by atoms with Crippen molar-refractivity contribution < 1.29 is 9.90 Å². The Kier molecular flexibility index (Phi) is 4.33. The Hall–Kier alpha value is -2.02. The quantitative estimate of drug-likeness (QED) is 0.693. The second kappa shape index (κ2) is 6.39. The lowest BCUT2D eigenvalue weighted by molar-refractivity contribution is 0.190. The number of hydrogen-bond donors (Lipinski definition) is 4. The molecule has 0 aromatic carbocycles. The van der Waals surface area contributed by atoms with Gasteiger partial charge in [0, 0.05) is 12.6 Å². The van der Waals surface area contributed by atoms with Gasteiger partial charge in [0.15, 0.2) is 0 Å². The summed E-state index contributed by atoms with van der Waals surface area (Å²) in [7, 11) is 0. The second-order valence-electron chi connectivity index (χ2n) is 5.77. The van der Waals surface area contributed by atoms with E-state index in [-0.39, 0.29) is 0 Å². The van der Waals surface area contributed by atoms with Gasteiger partial charge in [0.25, 0.3) is 0 Å². The molecule has 3 rings (SSSR count). The number of nitrogens with one attached hydrogen (secondary N) is 2. The number of pyridine rings is 1. The number of nitrogens with two attached hydrogens (primary N) is 1. The van der Waals surface area contributed by atoms with Crippen molar-refractivity contribution >= 4 is 39.0 Å². The van der Waals surface area contributed by atoms with E-state index < -0.39 is 6.09 Å². The molecule has 2 aromatic rings. The minimum atomic E-state index is -0.940. The van der Waals surface area contributed by atoms with E-state index in [0.717, 1.165) is 41.6 Å². The van der Waals surface area contributed by atoms with Gasteiger partial charge in [-0.15, -0.1) is 11.3 Å². The van der Waals surface area contributed by atoms with Crippen molar-refractivity contribution in [2.75, 3.05) is 17.6 Å². The number of anilines is 2. The maximum Gasteiger partial charge on any atom is 0.404 e. The van der Waals surface area contributed by atoms with E-state index >= 15 is 0 Å². The number of carbonyl (C=O) groups is 1. The third kappa shape index (κ3) is 3.24. The molecule has 1 amide bonds. The van der Waals surface area contributed by atoms with Gasteiger partial charge >= 0.3 is 6.09 Å². The molecule has 2 heterocycles. The van der Waals surface area contributed by atoms with Gasteiger partial charge in [0.2, 0.25) is 0 Å². The number of carboxylic acid groups (broad SMARTS) is 1. The molecule has 0 radical (unpaired) electrons. The lowest BCUT2D eigenvalue weighted by Crippen LogP contribution is -2.33. The molecule has 1 aliphatic rings. The number of nitrogens with zero attached hydrogens (tertiary/aromatic N) is 1. The van der Waals surface area contributed by atoms with Crippen molar-refractivity contribution in [3.63, 3.8) is 0 Å². The molecule has 1 saturated carbocycles. The molecule has 118 valence electrons. The van der Waals surface area contributed by atoms with E-state index in [1.165, 1.54) is 0 Å². The topological polar surface area (TPSA) is 100 Å². The summed E-state index contributed by atoms with van der Waals surface area (Å²) < 4.78 is 1.11. The van der Waals surface area contributed by atoms with Gasteiger partial charge in [-0.1, -0.05) is 0 Å². The highest BCUT2D eigenvalue weighted by Crippen LogP contribution is 2.34. The molecule has 0 aliphatic heterocycles. The first kappa shape index (κ1) is 14.9. The van der Waals surface area contributed by atoms with Gasteiger partial charge in [-0.3, -0.25) is 4.98 Å². The molecule has 0 unspecified atom stereocenters. The van der Waals surface area contributed by atoms with Crippen molar-refractivity contribution in [1.29, 1.82) is 0 Å². The number of aromatic nitrogens is 1. The van der Waals surface area contributed by atoms with Gasteiger partial charge in [-0.25, -0.2) is 4.79 Å². The molecular weight excluding hydrogens is 300 g/mol. The van der Waals surface area contributed by atoms with Crippen LogP contribution in [0.1, 0.15) is 25.7 Å². The molecule has 1 fully saturated rings. The largest absolute Gasteiger partial charge is 0.465 e. The fourth-order valence-electron chi connectivity index (χ4n) is 3.02. The normalized spacial score (nSPS) is 21.6. The molecule has 0 atom stereocenters. The highest BCUT2D eigenvalue weighted by molar-refractivity contribution is 7.17. The fraction of sp³-hybridized carbons (Fsp3) is 0.467. The van der Waals surface area contributed by atoms with Crippen molar-refractivity contribution in [1.82, 2.24) is 10.3 Å². The Labute approximate surface area is 132 Å². The first-order valence-electron chi connectivity index (χ1n) is 7.48. The number of rotatable bonds is 4. The maximum atomic E-state index is 10.5. The average Bonchev–Trinajstić information content (AvgIpc) is 2.98. The van der Waals surface area contributed by atoms with E-state index in [0.29, 0.717) is 24.2 Å². The van der Waals surface area contributed by atoms with Crippen LogP contribution in [0.2, 0.25) is 0 Å². The van der Waals surface area contributed by atoms with E-state index in [4.69, 9.17) is 10.8 Å². The summed E-state index contributed by atoms with van der Waals surface area (Å²) in [5.41, 5.74) is 8.73. The molecule has 0 saturated heterocycles. The first-order valence-corrected chi connectivity index (χ1v) is 8.36. The molecule has 5 N–H and O–H groups in total. The van der Waals surface area contributed by atoms with Crippen LogP contribution < -0.4 is 16.4 Å². The fourth-order valence-corrected chi connectivity index (χ4v) is 3.89. The van der Waals surface area contributed by atoms with Gasteiger partial charge in [-0.2, -0.15) is 0 Å². The summed E-state index contributed by atoms with van der Waals surface area (Å²) in [6, 6.07) is 2.38. The number of amides is 1. The summed E-state index contributed by atoms with van der Waals surface area (Å²) >= 11 is 1.65. The Morgan fingerprint density at radius 3 is 2.91 bits per heavy atom. The smallest absolute Gasteiger partial charge is 0.404 e. The van der Waals surface area contributed by atoms with E-state index in [2.05, 4.69) is 15.6 Å². The lowest BCUT2D eigenvalue weighted by Gasteiger charge is -2.30. The van der Waals surface area contributed by atoms with Crippen LogP contribution >= 0.6 is 11.3 Å². The standard InChI is InChI=1S/C15H20N4O2S/c16-11-8-17-12-5-6-22-14(12)13(11)19-10-3-1-9(2-4-10)7-18-15(20)21/h5-6,8-10,18H,1-4,7,16H2,(H,17,19)(H,20,21). The Morgan fingerprint density at radius 1 is 1.41 bits per heavy atom. The minimum Gasteiger partial charge on any atom is -0.465 e. The summed E-state index contributed by atoms with van der Waals surface area (Å²) in [5, 5.41) is 16.7. The minimum absolute atomic E-state index is 0.385. The van der Waals surface area contributed by atoms with Crippen molar-refractivity contribution in [2.24, 2.45) is 5.92 Å². The molecule has 1 aliphatic carbocycles. The molecular formula is C15H20N4O2S. The predicted molar refractivity (Wildman–Crippen MR) is 89.4 cm³/mol. The van der Waals surface area contributed by atoms with Crippen LogP contribution in [0.25, 0.3) is 10.2 Å². The van der Waals surface area contributed by atoms with Crippen LogP contribution in [-0.2, 0) is 0 Å². The van der Waals surface area contributed by atoms with Crippen LogP contribution in [0.5, 0.6) is 0 Å². The molecule has 2 aromatic heterocycles. The second-order valence-corrected chi connectivity index (χ2v) is 6.69. The van der Waals surface area contributed by atoms with Gasteiger partial charge in [0.05, 0.1) is 27.8 Å². The Balaban J connectivity index is 1.61. The third-order valence-electron chi connectivity index (χ3n) is 4.24. The van der Waals surface area contributed by atoms with Crippen LogP contribution in [0, 0.1) is 5.92 Å². The highest BCUT2D eigenvalue weighted by Gasteiger charge is 2.22. The van der Waals surface area contributed by atoms with Crippen molar-refractivity contribution in [3.8, 4) is 0 Å². The molecule has 7 heteroatoms. The zero-order valence-electron chi connectivity index (χ0n) is 12.2. The summed E-state index contributed by atoms with van der Waals surface area (Å²) in [6.45, 7) is 0.550. The lowest BCUT2D eigenvalue weighted by atomic mass is 9.86. The van der Waals surface area contributed by atoms with E-state index in [1.54, 1.807) is 17.5 Å². The van der Waals surface area contributed by atoms with Crippen LogP contribution in [0.4, 0.5) is 16.2 Å². The first-order chi connectivity index (χ1) is 10.6. The third-order valence-corrected chi connectivity index (χ3v) is 5.16. The number of fused-ring (bicyclic) bond motifs is 1. The summed E-state index contributed by atoms with van der Waals surface area (Å²) in [5.74, 6) is 0.436. The van der Waals surface area contributed by atoms with Crippen molar-refractivity contribution in [3.05, 3.63) is 17.6 Å². The Morgan fingerprint density at radius 2 is 2.18 bits per heavy atom.